The average Bonchev–Trinajstić information content (AvgIpc) is 2.89. The molecule has 0 aromatic carbocycles. The molecule has 0 aromatic heterocycles. The van der Waals surface area contributed by atoms with E-state index >= 15 is 0 Å². The predicted molar refractivity (Wildman–Crippen MR) is 83.1 cm³/mol. The molecule has 2 saturated heterocycles. The highest BCUT2D eigenvalue weighted by molar-refractivity contribution is 8.14. The third-order valence-electron chi connectivity index (χ3n) is 4.20. The largest absolute Gasteiger partial charge is 0.379 e. The van der Waals surface area contributed by atoms with E-state index in [1.807, 2.05) is 11.8 Å². The number of rotatable bonds is 6. The maximum absolute atomic E-state index is 5.35. The monoisotopic (exact) mass is 285 g/mol. The first kappa shape index (κ1) is 15.1. The summed E-state index contributed by atoms with van der Waals surface area (Å²) in [5.74, 6) is 1.17. The van der Waals surface area contributed by atoms with Gasteiger partial charge in [0.2, 0.25) is 0 Å². The third-order valence-corrected chi connectivity index (χ3v) is 5.40. The van der Waals surface area contributed by atoms with Gasteiger partial charge in [-0.3, -0.25) is 9.89 Å². The van der Waals surface area contributed by atoms with Crippen molar-refractivity contribution in [3.05, 3.63) is 0 Å². The van der Waals surface area contributed by atoms with Crippen LogP contribution in [-0.4, -0.2) is 60.8 Å². The van der Waals surface area contributed by atoms with Crippen LogP contribution < -0.4 is 5.32 Å². The van der Waals surface area contributed by atoms with Crippen molar-refractivity contribution >= 4 is 16.9 Å². The zero-order valence-corrected chi connectivity index (χ0v) is 13.1. The smallest absolute Gasteiger partial charge is 0.157 e. The van der Waals surface area contributed by atoms with Gasteiger partial charge in [-0.25, -0.2) is 0 Å². The van der Waals surface area contributed by atoms with E-state index in [0.29, 0.717) is 5.54 Å². The number of ether oxygens (including phenoxy) is 1. The molecule has 2 rings (SSSR count). The average molecular weight is 285 g/mol. The molecule has 110 valence electrons. The topological polar surface area (TPSA) is 36.9 Å². The Labute approximate surface area is 121 Å². The SMILES string of the molecule is CCC1(CC)CSC(=NCCCN2CCOCC2)N1. The second-order valence-corrected chi connectivity index (χ2v) is 6.36. The van der Waals surface area contributed by atoms with Crippen LogP contribution in [0, 0.1) is 0 Å². The molecule has 0 saturated carbocycles. The molecule has 2 aliphatic heterocycles. The fraction of sp³-hybridized carbons (Fsp3) is 0.929. The molecule has 4 nitrogen and oxygen atoms in total. The lowest BCUT2D eigenvalue weighted by Crippen LogP contribution is -2.42. The van der Waals surface area contributed by atoms with Crippen molar-refractivity contribution in [3.8, 4) is 0 Å². The van der Waals surface area contributed by atoms with E-state index in [1.165, 1.54) is 18.6 Å². The van der Waals surface area contributed by atoms with Crippen molar-refractivity contribution in [2.24, 2.45) is 4.99 Å². The first-order chi connectivity index (χ1) is 9.28. The summed E-state index contributed by atoms with van der Waals surface area (Å²) in [6, 6.07) is 0. The van der Waals surface area contributed by atoms with Crippen LogP contribution >= 0.6 is 11.8 Å². The Morgan fingerprint density at radius 1 is 1.32 bits per heavy atom. The highest BCUT2D eigenvalue weighted by Crippen LogP contribution is 2.28. The summed E-state index contributed by atoms with van der Waals surface area (Å²) in [5, 5.41) is 4.78. The number of hydrogen-bond donors (Lipinski definition) is 1. The Hall–Kier alpha value is -0.260. The standard InChI is InChI=1S/C14H27N3OS/c1-3-14(4-2)12-19-13(16-14)15-6-5-7-17-8-10-18-11-9-17/h3-12H2,1-2H3,(H,15,16). The fourth-order valence-electron chi connectivity index (χ4n) is 2.52. The molecular weight excluding hydrogens is 258 g/mol. The molecule has 2 aliphatic rings. The van der Waals surface area contributed by atoms with Crippen molar-refractivity contribution in [3.63, 3.8) is 0 Å². The fourth-order valence-corrected chi connectivity index (χ4v) is 3.89. The minimum Gasteiger partial charge on any atom is -0.379 e. The normalized spacial score (nSPS) is 25.7. The molecule has 19 heavy (non-hydrogen) atoms. The molecule has 5 heteroatoms. The minimum absolute atomic E-state index is 0.299. The molecule has 0 spiro atoms. The predicted octanol–water partition coefficient (Wildman–Crippen LogP) is 1.96. The highest BCUT2D eigenvalue weighted by Gasteiger charge is 2.33. The van der Waals surface area contributed by atoms with Gasteiger partial charge in [-0.15, -0.1) is 0 Å². The number of morpholine rings is 1. The highest BCUT2D eigenvalue weighted by atomic mass is 32.2. The van der Waals surface area contributed by atoms with Gasteiger partial charge >= 0.3 is 0 Å². The van der Waals surface area contributed by atoms with Crippen LogP contribution in [0.4, 0.5) is 0 Å². The molecule has 2 fully saturated rings. The summed E-state index contributed by atoms with van der Waals surface area (Å²) in [6.45, 7) is 10.6. The number of amidine groups is 1. The van der Waals surface area contributed by atoms with Gasteiger partial charge in [0.05, 0.1) is 13.2 Å². The molecular formula is C14H27N3OS. The molecule has 0 radical (unpaired) electrons. The minimum atomic E-state index is 0.299. The quantitative estimate of drug-likeness (QED) is 0.757. The van der Waals surface area contributed by atoms with Gasteiger partial charge in [-0.05, 0) is 19.3 Å². The van der Waals surface area contributed by atoms with E-state index in [9.17, 15) is 0 Å². The summed E-state index contributed by atoms with van der Waals surface area (Å²) < 4.78 is 5.35. The molecule has 0 amide bonds. The summed E-state index contributed by atoms with van der Waals surface area (Å²) in [4.78, 5) is 7.18. The van der Waals surface area contributed by atoms with E-state index in [1.54, 1.807) is 0 Å². The van der Waals surface area contributed by atoms with Crippen LogP contribution in [-0.2, 0) is 4.74 Å². The van der Waals surface area contributed by atoms with Crippen LogP contribution in [0.25, 0.3) is 0 Å². The van der Waals surface area contributed by atoms with Crippen molar-refractivity contribution < 1.29 is 4.74 Å². The van der Waals surface area contributed by atoms with E-state index in [4.69, 9.17) is 9.73 Å². The summed E-state index contributed by atoms with van der Waals surface area (Å²) in [6.07, 6.45) is 3.52. The molecule has 2 heterocycles. The van der Waals surface area contributed by atoms with Gasteiger partial charge in [0.1, 0.15) is 0 Å². The Bertz CT molecular complexity index is 299. The summed E-state index contributed by atoms with van der Waals surface area (Å²) in [7, 11) is 0. The second-order valence-electron chi connectivity index (χ2n) is 5.40. The van der Waals surface area contributed by atoms with E-state index in [-0.39, 0.29) is 0 Å². The first-order valence-electron chi connectivity index (χ1n) is 7.53. The summed E-state index contributed by atoms with van der Waals surface area (Å²) in [5.41, 5.74) is 0.299. The van der Waals surface area contributed by atoms with Crippen molar-refractivity contribution in [1.82, 2.24) is 10.2 Å². The number of thioether (sulfide) groups is 1. The lowest BCUT2D eigenvalue weighted by atomic mass is 9.96. The first-order valence-corrected chi connectivity index (χ1v) is 8.52. The molecule has 0 bridgehead atoms. The van der Waals surface area contributed by atoms with Crippen LogP contribution in [0.1, 0.15) is 33.1 Å². The molecule has 0 atom stereocenters. The lowest BCUT2D eigenvalue weighted by Gasteiger charge is -2.26. The van der Waals surface area contributed by atoms with Crippen molar-refractivity contribution in [2.75, 3.05) is 45.1 Å². The Morgan fingerprint density at radius 2 is 2.05 bits per heavy atom. The zero-order chi connectivity index (χ0) is 13.6. The third kappa shape index (κ3) is 4.36. The molecule has 0 unspecified atom stereocenters. The van der Waals surface area contributed by atoms with Crippen LogP contribution in [0.3, 0.4) is 0 Å². The van der Waals surface area contributed by atoms with Gasteiger partial charge in [0.15, 0.2) is 5.17 Å². The Balaban J connectivity index is 1.66. The van der Waals surface area contributed by atoms with Gasteiger partial charge in [-0.2, -0.15) is 0 Å². The molecule has 0 aromatic rings. The number of hydrogen-bond acceptors (Lipinski definition) is 4. The second kappa shape index (κ2) is 7.50. The van der Waals surface area contributed by atoms with Crippen molar-refractivity contribution in [1.29, 1.82) is 0 Å². The van der Waals surface area contributed by atoms with Gasteiger partial charge in [-0.1, -0.05) is 25.6 Å². The Morgan fingerprint density at radius 3 is 2.68 bits per heavy atom. The maximum atomic E-state index is 5.35. The number of nitrogens with one attached hydrogen (secondary N) is 1. The van der Waals surface area contributed by atoms with Gasteiger partial charge in [0, 0.05) is 37.5 Å². The van der Waals surface area contributed by atoms with Crippen LogP contribution in [0.5, 0.6) is 0 Å². The zero-order valence-electron chi connectivity index (χ0n) is 12.3. The number of aliphatic imine (C=N–C) groups is 1. The van der Waals surface area contributed by atoms with Crippen molar-refractivity contribution in [2.45, 2.75) is 38.6 Å². The number of nitrogens with zero attached hydrogens (tertiary/aromatic N) is 2. The van der Waals surface area contributed by atoms with E-state index < -0.39 is 0 Å². The van der Waals surface area contributed by atoms with Crippen LogP contribution in [0.15, 0.2) is 4.99 Å². The molecule has 0 aliphatic carbocycles. The van der Waals surface area contributed by atoms with E-state index in [0.717, 1.165) is 51.0 Å². The summed E-state index contributed by atoms with van der Waals surface area (Å²) >= 11 is 1.89. The molecule has 1 N–H and O–H groups in total. The Kier molecular flexibility index (Phi) is 5.98. The lowest BCUT2D eigenvalue weighted by molar-refractivity contribution is 0.0377. The van der Waals surface area contributed by atoms with Gasteiger partial charge < -0.3 is 10.1 Å². The van der Waals surface area contributed by atoms with Gasteiger partial charge in [0.25, 0.3) is 0 Å². The van der Waals surface area contributed by atoms with Crippen LogP contribution in [0.2, 0.25) is 0 Å². The maximum Gasteiger partial charge on any atom is 0.157 e. The van der Waals surface area contributed by atoms with E-state index in [2.05, 4.69) is 24.1 Å².